The Bertz CT molecular complexity index is 632. The smallest absolute Gasteiger partial charge is 0.325 e. The second kappa shape index (κ2) is 6.86. The fraction of sp³-hybridized carbons (Fsp3) is 0.308. The minimum atomic E-state index is -0.248. The van der Waals surface area contributed by atoms with Crippen molar-refractivity contribution in [1.82, 2.24) is 15.1 Å². The summed E-state index contributed by atoms with van der Waals surface area (Å²) in [7, 11) is 5.02. The maximum absolute atomic E-state index is 13.1. The molecule has 2 amide bonds. The highest BCUT2D eigenvalue weighted by molar-refractivity contribution is 8.00. The highest BCUT2D eigenvalue weighted by atomic mass is 32.2. The lowest BCUT2D eigenvalue weighted by Gasteiger charge is -2.18. The summed E-state index contributed by atoms with van der Waals surface area (Å²) in [6.07, 6.45) is 0. The molecule has 0 aliphatic carbocycles. The molecule has 1 aromatic carbocycles. The first-order chi connectivity index (χ1) is 9.97. The van der Waals surface area contributed by atoms with E-state index in [1.807, 2.05) is 6.07 Å². The Balaban J connectivity index is 1.99. The van der Waals surface area contributed by atoms with Crippen LogP contribution in [0.5, 0.6) is 0 Å². The summed E-state index contributed by atoms with van der Waals surface area (Å²) >= 11 is 2.80. The lowest BCUT2D eigenvalue weighted by molar-refractivity contribution is 0.225. The van der Waals surface area contributed by atoms with E-state index in [9.17, 15) is 9.18 Å². The van der Waals surface area contributed by atoms with Crippen molar-refractivity contribution in [2.75, 3.05) is 26.0 Å². The Labute approximate surface area is 130 Å². The number of amides is 2. The highest BCUT2D eigenvalue weighted by Crippen LogP contribution is 2.30. The maximum Gasteiger partial charge on any atom is 0.325 e. The Morgan fingerprint density at radius 3 is 2.76 bits per heavy atom. The number of rotatable bonds is 4. The average molecular weight is 326 g/mol. The van der Waals surface area contributed by atoms with Gasteiger partial charge in [0.25, 0.3) is 0 Å². The van der Waals surface area contributed by atoms with Gasteiger partial charge in [-0.15, -0.1) is 10.2 Å². The number of aromatic nitrogens is 2. The summed E-state index contributed by atoms with van der Waals surface area (Å²) < 4.78 is 13.8. The Hall–Kier alpha value is -1.67. The van der Waals surface area contributed by atoms with E-state index in [0.29, 0.717) is 10.9 Å². The number of thioether (sulfide) groups is 1. The van der Waals surface area contributed by atoms with Gasteiger partial charge in [0.05, 0.1) is 0 Å². The number of urea groups is 1. The molecule has 21 heavy (non-hydrogen) atoms. The van der Waals surface area contributed by atoms with Gasteiger partial charge in [0, 0.05) is 26.9 Å². The summed E-state index contributed by atoms with van der Waals surface area (Å²) in [4.78, 5) is 14.7. The van der Waals surface area contributed by atoms with Crippen LogP contribution in [0.1, 0.15) is 5.56 Å². The molecule has 1 heterocycles. The summed E-state index contributed by atoms with van der Waals surface area (Å²) in [5, 5.41) is 8.58. The first-order valence-corrected chi connectivity index (χ1v) is 7.93. The number of benzene rings is 1. The van der Waals surface area contributed by atoms with Gasteiger partial charge in [-0.1, -0.05) is 35.2 Å². The van der Waals surface area contributed by atoms with Crippen LogP contribution in [0.15, 0.2) is 28.6 Å². The van der Waals surface area contributed by atoms with E-state index in [1.54, 1.807) is 27.2 Å². The van der Waals surface area contributed by atoms with Crippen LogP contribution in [-0.4, -0.2) is 42.3 Å². The predicted octanol–water partition coefficient (Wildman–Crippen LogP) is 3.09. The number of carbonyl (C=O) groups is 1. The fourth-order valence-corrected chi connectivity index (χ4v) is 3.29. The van der Waals surface area contributed by atoms with E-state index in [0.717, 1.165) is 9.90 Å². The highest BCUT2D eigenvalue weighted by Gasteiger charge is 2.17. The topological polar surface area (TPSA) is 49.3 Å². The van der Waals surface area contributed by atoms with Crippen molar-refractivity contribution < 1.29 is 9.18 Å². The molecular weight excluding hydrogens is 311 g/mol. The van der Waals surface area contributed by atoms with Crippen LogP contribution in [0.2, 0.25) is 0 Å². The van der Waals surface area contributed by atoms with E-state index < -0.39 is 0 Å². The molecular formula is C13H15FN4OS2. The van der Waals surface area contributed by atoms with Gasteiger partial charge in [0.15, 0.2) is 4.34 Å². The number of carbonyl (C=O) groups excluding carboxylic acids is 1. The molecule has 0 saturated carbocycles. The minimum absolute atomic E-state index is 0.159. The van der Waals surface area contributed by atoms with Gasteiger partial charge in [0.2, 0.25) is 5.13 Å². The van der Waals surface area contributed by atoms with Gasteiger partial charge in [0.1, 0.15) is 5.82 Å². The van der Waals surface area contributed by atoms with E-state index >= 15 is 0 Å². The third kappa shape index (κ3) is 4.15. The summed E-state index contributed by atoms with van der Waals surface area (Å²) in [6.45, 7) is 0. The Morgan fingerprint density at radius 1 is 1.33 bits per heavy atom. The van der Waals surface area contributed by atoms with Crippen molar-refractivity contribution in [3.8, 4) is 0 Å². The van der Waals surface area contributed by atoms with Gasteiger partial charge in [-0.05, 0) is 17.7 Å². The van der Waals surface area contributed by atoms with Gasteiger partial charge >= 0.3 is 6.03 Å². The minimum Gasteiger partial charge on any atom is -0.330 e. The Kier molecular flexibility index (Phi) is 5.13. The molecule has 0 fully saturated rings. The van der Waals surface area contributed by atoms with Crippen LogP contribution >= 0.6 is 23.1 Å². The normalized spacial score (nSPS) is 10.5. The van der Waals surface area contributed by atoms with Crippen LogP contribution in [0.4, 0.5) is 14.3 Å². The number of halogens is 1. The third-order valence-corrected chi connectivity index (χ3v) is 4.81. The molecule has 2 rings (SSSR count). The molecule has 0 bridgehead atoms. The lowest BCUT2D eigenvalue weighted by Crippen LogP contribution is -2.36. The quantitative estimate of drug-likeness (QED) is 0.640. The third-order valence-electron chi connectivity index (χ3n) is 2.60. The summed E-state index contributed by atoms with van der Waals surface area (Å²) in [5.41, 5.74) is 0.884. The van der Waals surface area contributed by atoms with Crippen LogP contribution in [0.3, 0.4) is 0 Å². The second-order valence-corrected chi connectivity index (χ2v) is 6.68. The average Bonchev–Trinajstić information content (AvgIpc) is 2.92. The van der Waals surface area contributed by atoms with Crippen LogP contribution in [0, 0.1) is 5.82 Å². The van der Waals surface area contributed by atoms with Crippen LogP contribution < -0.4 is 4.90 Å². The largest absolute Gasteiger partial charge is 0.330 e. The van der Waals surface area contributed by atoms with Crippen molar-refractivity contribution in [2.45, 2.75) is 10.1 Å². The second-order valence-electron chi connectivity index (χ2n) is 4.51. The van der Waals surface area contributed by atoms with Gasteiger partial charge in [-0.3, -0.25) is 4.90 Å². The maximum atomic E-state index is 13.1. The lowest BCUT2D eigenvalue weighted by atomic mass is 10.2. The molecule has 0 aliphatic rings. The molecule has 0 aliphatic heterocycles. The zero-order valence-corrected chi connectivity index (χ0v) is 13.5. The molecule has 0 radical (unpaired) electrons. The van der Waals surface area contributed by atoms with Crippen molar-refractivity contribution in [3.63, 3.8) is 0 Å². The molecule has 0 N–H and O–H groups in total. The standard InChI is InChI=1S/C13H15FN4OS2/c1-17(2)13(19)18(3)11-15-16-12(21-11)20-8-9-5-4-6-10(14)7-9/h4-7H,8H2,1-3H3. The van der Waals surface area contributed by atoms with E-state index in [-0.39, 0.29) is 11.8 Å². The molecule has 112 valence electrons. The monoisotopic (exact) mass is 326 g/mol. The SMILES string of the molecule is CN(C)C(=O)N(C)c1nnc(SCc2cccc(F)c2)s1. The Morgan fingerprint density at radius 2 is 2.10 bits per heavy atom. The number of nitrogens with zero attached hydrogens (tertiary/aromatic N) is 4. The molecule has 5 nitrogen and oxygen atoms in total. The predicted molar refractivity (Wildman–Crippen MR) is 83.4 cm³/mol. The number of hydrogen-bond donors (Lipinski definition) is 0. The van der Waals surface area contributed by atoms with E-state index in [1.165, 1.54) is 45.0 Å². The van der Waals surface area contributed by atoms with Crippen molar-refractivity contribution in [1.29, 1.82) is 0 Å². The molecule has 0 unspecified atom stereocenters. The molecule has 8 heteroatoms. The molecule has 0 spiro atoms. The summed E-state index contributed by atoms with van der Waals surface area (Å²) in [6, 6.07) is 6.29. The van der Waals surface area contributed by atoms with Gasteiger partial charge < -0.3 is 4.90 Å². The number of anilines is 1. The molecule has 1 aromatic heterocycles. The molecule has 0 atom stereocenters. The number of hydrogen-bond acceptors (Lipinski definition) is 5. The van der Waals surface area contributed by atoms with Crippen molar-refractivity contribution >= 4 is 34.3 Å². The van der Waals surface area contributed by atoms with Crippen molar-refractivity contribution in [2.24, 2.45) is 0 Å². The van der Waals surface area contributed by atoms with E-state index in [4.69, 9.17) is 0 Å². The molecule has 0 saturated heterocycles. The van der Waals surface area contributed by atoms with Gasteiger partial charge in [-0.2, -0.15) is 0 Å². The van der Waals surface area contributed by atoms with E-state index in [2.05, 4.69) is 10.2 Å². The first-order valence-electron chi connectivity index (χ1n) is 6.13. The summed E-state index contributed by atoms with van der Waals surface area (Å²) in [5.74, 6) is 0.361. The van der Waals surface area contributed by atoms with Crippen LogP contribution in [-0.2, 0) is 5.75 Å². The van der Waals surface area contributed by atoms with Crippen LogP contribution in [0.25, 0.3) is 0 Å². The van der Waals surface area contributed by atoms with Crippen molar-refractivity contribution in [3.05, 3.63) is 35.6 Å². The zero-order valence-electron chi connectivity index (χ0n) is 11.9. The first kappa shape index (κ1) is 15.7. The fourth-order valence-electron chi connectivity index (χ4n) is 1.55. The molecule has 2 aromatic rings. The zero-order chi connectivity index (χ0) is 15.4. The van der Waals surface area contributed by atoms with Gasteiger partial charge in [-0.25, -0.2) is 9.18 Å².